The molecule has 1 saturated heterocycles. The number of hydrogen-bond acceptors (Lipinski definition) is 5. The number of nitrogens with zero attached hydrogens (tertiary/aromatic N) is 3. The van der Waals surface area contributed by atoms with E-state index in [9.17, 15) is 0 Å². The van der Waals surface area contributed by atoms with Crippen LogP contribution in [0.5, 0.6) is 0 Å². The number of likely N-dealkylation sites (tertiary alicyclic amines) is 1. The molecule has 2 heterocycles. The number of aliphatic imine (C=N–C) groups is 1. The van der Waals surface area contributed by atoms with Gasteiger partial charge in [0, 0.05) is 45.8 Å². The summed E-state index contributed by atoms with van der Waals surface area (Å²) in [6.07, 6.45) is 4.19. The fourth-order valence-electron chi connectivity index (χ4n) is 3.41. The molecule has 0 saturated carbocycles. The average molecular weight is 493 g/mol. The van der Waals surface area contributed by atoms with Gasteiger partial charge in [-0.2, -0.15) is 0 Å². The number of methoxy groups -OCH3 is 1. The second-order valence-electron chi connectivity index (χ2n) is 6.82. The summed E-state index contributed by atoms with van der Waals surface area (Å²) in [6.45, 7) is 10.0. The number of guanidine groups is 1. The molecule has 27 heavy (non-hydrogen) atoms. The van der Waals surface area contributed by atoms with Crippen molar-refractivity contribution in [2.24, 2.45) is 10.9 Å². The van der Waals surface area contributed by atoms with Gasteiger partial charge in [-0.1, -0.05) is 19.0 Å². The molecule has 0 bridgehead atoms. The molecule has 0 atom stereocenters. The van der Waals surface area contributed by atoms with E-state index in [2.05, 4.69) is 39.5 Å². The van der Waals surface area contributed by atoms with Gasteiger partial charge in [0.2, 0.25) is 0 Å². The fraction of sp³-hybridized carbons (Fsp3) is 0.789. The molecule has 2 rings (SSSR count). The number of ether oxygens (including phenoxy) is 1. The quantitative estimate of drug-likeness (QED) is 0.313. The van der Waals surface area contributed by atoms with Crippen LogP contribution in [0.1, 0.15) is 43.7 Å². The predicted molar refractivity (Wildman–Crippen MR) is 120 cm³/mol. The highest BCUT2D eigenvalue weighted by Crippen LogP contribution is 2.17. The minimum atomic E-state index is 0. The first-order valence-corrected chi connectivity index (χ1v) is 9.83. The maximum absolute atomic E-state index is 5.43. The van der Waals surface area contributed by atoms with Crippen LogP contribution in [0.25, 0.3) is 0 Å². The fourth-order valence-corrected chi connectivity index (χ4v) is 3.41. The van der Waals surface area contributed by atoms with Crippen molar-refractivity contribution in [3.8, 4) is 0 Å². The monoisotopic (exact) mass is 493 g/mol. The Morgan fingerprint density at radius 1 is 1.26 bits per heavy atom. The second-order valence-corrected chi connectivity index (χ2v) is 6.82. The first-order chi connectivity index (χ1) is 12.7. The van der Waals surface area contributed by atoms with E-state index in [1.54, 1.807) is 7.11 Å². The standard InChI is InChI=1S/C19H35N5O2.HI/c1-5-17-16(18(6-2)26-23-17)14-22-19(20-3)21-13-15-7-9-24(10-8-15)11-12-25-4;/h15H,5-14H2,1-4H3,(H2,20,21,22);1H. The molecule has 0 radical (unpaired) electrons. The molecule has 156 valence electrons. The molecule has 1 aromatic rings. The second kappa shape index (κ2) is 13.3. The van der Waals surface area contributed by atoms with Gasteiger partial charge in [0.1, 0.15) is 5.76 Å². The molecule has 1 fully saturated rings. The lowest BCUT2D eigenvalue weighted by molar-refractivity contribution is 0.121. The Bertz CT molecular complexity index is 535. The molecule has 0 unspecified atom stereocenters. The molecule has 1 aliphatic rings. The van der Waals surface area contributed by atoms with Crippen LogP contribution < -0.4 is 10.6 Å². The SMILES string of the molecule is CCc1noc(CC)c1CNC(=NC)NCC1CCN(CCOC)CC1.I. The van der Waals surface area contributed by atoms with E-state index in [-0.39, 0.29) is 24.0 Å². The van der Waals surface area contributed by atoms with E-state index in [0.717, 1.165) is 63.0 Å². The van der Waals surface area contributed by atoms with E-state index < -0.39 is 0 Å². The van der Waals surface area contributed by atoms with Crippen molar-refractivity contribution in [1.29, 1.82) is 0 Å². The predicted octanol–water partition coefficient (Wildman–Crippen LogP) is 2.44. The molecule has 1 aromatic heterocycles. The van der Waals surface area contributed by atoms with E-state index in [1.165, 1.54) is 18.4 Å². The van der Waals surface area contributed by atoms with Crippen molar-refractivity contribution in [3.63, 3.8) is 0 Å². The van der Waals surface area contributed by atoms with Crippen LogP contribution in [0.15, 0.2) is 9.52 Å². The van der Waals surface area contributed by atoms with Crippen LogP contribution in [-0.2, 0) is 24.1 Å². The Labute approximate surface area is 180 Å². The molecular formula is C19H36IN5O2. The number of rotatable bonds is 9. The third-order valence-electron chi connectivity index (χ3n) is 5.14. The first kappa shape index (κ1) is 24.2. The van der Waals surface area contributed by atoms with Gasteiger partial charge in [-0.3, -0.25) is 4.99 Å². The summed E-state index contributed by atoms with van der Waals surface area (Å²) < 4.78 is 10.6. The Kier molecular flexibility index (Phi) is 11.9. The molecule has 0 aliphatic carbocycles. The minimum Gasteiger partial charge on any atom is -0.383 e. The van der Waals surface area contributed by atoms with Crippen LogP contribution in [0, 0.1) is 5.92 Å². The largest absolute Gasteiger partial charge is 0.383 e. The highest BCUT2D eigenvalue weighted by atomic mass is 127. The summed E-state index contributed by atoms with van der Waals surface area (Å²) >= 11 is 0. The van der Waals surface area contributed by atoms with Crippen LogP contribution in [-0.4, -0.2) is 63.0 Å². The van der Waals surface area contributed by atoms with Gasteiger partial charge in [0.25, 0.3) is 0 Å². The lowest BCUT2D eigenvalue weighted by atomic mass is 9.97. The van der Waals surface area contributed by atoms with Crippen molar-refractivity contribution in [2.75, 3.05) is 46.9 Å². The highest BCUT2D eigenvalue weighted by Gasteiger charge is 2.19. The molecule has 8 heteroatoms. The molecule has 0 aromatic carbocycles. The van der Waals surface area contributed by atoms with Crippen LogP contribution in [0.4, 0.5) is 0 Å². The van der Waals surface area contributed by atoms with Crippen molar-refractivity contribution in [3.05, 3.63) is 17.0 Å². The molecule has 2 N–H and O–H groups in total. The first-order valence-electron chi connectivity index (χ1n) is 9.83. The van der Waals surface area contributed by atoms with E-state index in [1.807, 2.05) is 7.05 Å². The summed E-state index contributed by atoms with van der Waals surface area (Å²) in [6, 6.07) is 0. The third-order valence-corrected chi connectivity index (χ3v) is 5.14. The summed E-state index contributed by atoms with van der Waals surface area (Å²) in [5.41, 5.74) is 2.21. The van der Waals surface area contributed by atoms with Crippen molar-refractivity contribution < 1.29 is 9.26 Å². The maximum atomic E-state index is 5.43. The number of piperidine rings is 1. The van der Waals surface area contributed by atoms with Gasteiger partial charge in [-0.05, 0) is 38.3 Å². The van der Waals surface area contributed by atoms with Crippen molar-refractivity contribution in [1.82, 2.24) is 20.7 Å². The molecule has 7 nitrogen and oxygen atoms in total. The summed E-state index contributed by atoms with van der Waals surface area (Å²) in [7, 11) is 3.58. The topological polar surface area (TPSA) is 74.9 Å². The molecule has 1 aliphatic heterocycles. The lowest BCUT2D eigenvalue weighted by Crippen LogP contribution is -2.43. The van der Waals surface area contributed by atoms with Crippen molar-refractivity contribution >= 4 is 29.9 Å². The smallest absolute Gasteiger partial charge is 0.191 e. The van der Waals surface area contributed by atoms with E-state index >= 15 is 0 Å². The van der Waals surface area contributed by atoms with Crippen LogP contribution in [0.2, 0.25) is 0 Å². The number of hydrogen-bond donors (Lipinski definition) is 2. The maximum Gasteiger partial charge on any atom is 0.191 e. The van der Waals surface area contributed by atoms with Gasteiger partial charge in [0.05, 0.1) is 12.3 Å². The number of halogens is 1. The minimum absolute atomic E-state index is 0. The zero-order valence-corrected chi connectivity index (χ0v) is 19.5. The lowest BCUT2D eigenvalue weighted by Gasteiger charge is -2.32. The summed E-state index contributed by atoms with van der Waals surface area (Å²) in [5, 5.41) is 11.1. The zero-order chi connectivity index (χ0) is 18.8. The Balaban J connectivity index is 0.00000364. The van der Waals surface area contributed by atoms with Crippen LogP contribution >= 0.6 is 24.0 Å². The average Bonchev–Trinajstić information content (AvgIpc) is 3.09. The van der Waals surface area contributed by atoms with Gasteiger partial charge < -0.3 is 24.8 Å². The van der Waals surface area contributed by atoms with Gasteiger partial charge in [0.15, 0.2) is 5.96 Å². The normalized spacial score (nSPS) is 16.2. The molecule has 0 amide bonds. The van der Waals surface area contributed by atoms with Gasteiger partial charge in [-0.15, -0.1) is 24.0 Å². The van der Waals surface area contributed by atoms with Gasteiger partial charge >= 0.3 is 0 Å². The summed E-state index contributed by atoms with van der Waals surface area (Å²) in [5.74, 6) is 2.51. The zero-order valence-electron chi connectivity index (χ0n) is 17.2. The highest BCUT2D eigenvalue weighted by molar-refractivity contribution is 14.0. The molecular weight excluding hydrogens is 457 g/mol. The van der Waals surface area contributed by atoms with E-state index in [4.69, 9.17) is 9.26 Å². The number of aryl methyl sites for hydroxylation is 2. The number of nitrogens with one attached hydrogen (secondary N) is 2. The van der Waals surface area contributed by atoms with Crippen LogP contribution in [0.3, 0.4) is 0 Å². The Morgan fingerprint density at radius 2 is 2.00 bits per heavy atom. The number of aromatic nitrogens is 1. The Morgan fingerprint density at radius 3 is 2.59 bits per heavy atom. The third kappa shape index (κ3) is 7.57. The van der Waals surface area contributed by atoms with E-state index in [0.29, 0.717) is 12.5 Å². The summed E-state index contributed by atoms with van der Waals surface area (Å²) in [4.78, 5) is 6.84. The van der Waals surface area contributed by atoms with Gasteiger partial charge in [-0.25, -0.2) is 0 Å². The Hall–Kier alpha value is -0.870. The molecule has 0 spiro atoms. The van der Waals surface area contributed by atoms with Crippen molar-refractivity contribution in [2.45, 2.75) is 46.1 Å².